The molecule has 3 N–H and O–H groups in total. The molecule has 2 rings (SSSR count). The molecule has 0 aliphatic heterocycles. The van der Waals surface area contributed by atoms with Crippen LogP contribution in [0.15, 0.2) is 48.5 Å². The maximum absolute atomic E-state index is 12.1. The highest BCUT2D eigenvalue weighted by Gasteiger charge is 2.30. The molecule has 0 heterocycles. The number of hydrogen-bond donors (Lipinski definition) is 2. The van der Waals surface area contributed by atoms with Gasteiger partial charge in [-0.15, -0.1) is 13.2 Å². The fourth-order valence-electron chi connectivity index (χ4n) is 2.02. The molecule has 1 atom stereocenters. The maximum Gasteiger partial charge on any atom is 0.573 e. The van der Waals surface area contributed by atoms with Crippen LogP contribution in [0.25, 0.3) is 11.1 Å². The summed E-state index contributed by atoms with van der Waals surface area (Å²) in [4.78, 5) is 10.7. The van der Waals surface area contributed by atoms with Crippen LogP contribution in [0.2, 0.25) is 0 Å². The average molecular weight is 325 g/mol. The van der Waals surface area contributed by atoms with Gasteiger partial charge in [-0.3, -0.25) is 4.79 Å². The van der Waals surface area contributed by atoms with Crippen molar-refractivity contribution in [2.75, 3.05) is 0 Å². The van der Waals surface area contributed by atoms with Crippen molar-refractivity contribution in [3.05, 3.63) is 54.1 Å². The quantitative estimate of drug-likeness (QED) is 0.885. The zero-order valence-corrected chi connectivity index (χ0v) is 11.9. The van der Waals surface area contributed by atoms with E-state index in [1.54, 1.807) is 24.3 Å². The molecule has 0 aliphatic rings. The number of nitrogens with two attached hydrogens (primary N) is 1. The molecular weight excluding hydrogens is 311 g/mol. The van der Waals surface area contributed by atoms with E-state index in [1.165, 1.54) is 24.3 Å². The number of carboxylic acid groups (broad SMARTS) is 1. The standard InChI is InChI=1S/C16H14F3NO3/c17-16(18,19)23-13-7-5-12(6-8-13)11-3-1-10(2-4-11)9-14(20)15(21)22/h1-8,14H,9,20H2,(H,21,22). The van der Waals surface area contributed by atoms with Gasteiger partial charge in [0, 0.05) is 0 Å². The number of carboxylic acids is 1. The topological polar surface area (TPSA) is 72.5 Å². The summed E-state index contributed by atoms with van der Waals surface area (Å²) in [5, 5.41) is 8.77. The zero-order chi connectivity index (χ0) is 17.0. The molecule has 0 saturated carbocycles. The molecule has 0 fully saturated rings. The van der Waals surface area contributed by atoms with Crippen molar-refractivity contribution in [3.8, 4) is 16.9 Å². The molecule has 0 amide bonds. The zero-order valence-electron chi connectivity index (χ0n) is 11.9. The highest BCUT2D eigenvalue weighted by Crippen LogP contribution is 2.26. The summed E-state index contributed by atoms with van der Waals surface area (Å²) >= 11 is 0. The lowest BCUT2D eigenvalue weighted by atomic mass is 10.0. The minimum Gasteiger partial charge on any atom is -0.480 e. The van der Waals surface area contributed by atoms with E-state index in [4.69, 9.17) is 10.8 Å². The van der Waals surface area contributed by atoms with Gasteiger partial charge in [0.2, 0.25) is 0 Å². The van der Waals surface area contributed by atoms with Crippen LogP contribution in [0.3, 0.4) is 0 Å². The highest BCUT2D eigenvalue weighted by atomic mass is 19.4. The predicted octanol–water partition coefficient (Wildman–Crippen LogP) is 3.21. The fourth-order valence-corrected chi connectivity index (χ4v) is 2.02. The van der Waals surface area contributed by atoms with E-state index in [-0.39, 0.29) is 12.2 Å². The minimum absolute atomic E-state index is 0.202. The van der Waals surface area contributed by atoms with E-state index in [0.29, 0.717) is 5.56 Å². The summed E-state index contributed by atoms with van der Waals surface area (Å²) in [6.07, 6.45) is -4.51. The van der Waals surface area contributed by atoms with Crippen LogP contribution in [0.4, 0.5) is 13.2 Å². The lowest BCUT2D eigenvalue weighted by Gasteiger charge is -2.10. The van der Waals surface area contributed by atoms with Crippen LogP contribution >= 0.6 is 0 Å². The van der Waals surface area contributed by atoms with Gasteiger partial charge in [-0.25, -0.2) is 0 Å². The molecular formula is C16H14F3NO3. The Morgan fingerprint density at radius 3 is 1.96 bits per heavy atom. The molecule has 0 aliphatic carbocycles. The fraction of sp³-hybridized carbons (Fsp3) is 0.188. The number of alkyl halides is 3. The van der Waals surface area contributed by atoms with Crippen molar-refractivity contribution in [2.24, 2.45) is 5.73 Å². The second kappa shape index (κ2) is 6.70. The summed E-state index contributed by atoms with van der Waals surface area (Å²) < 4.78 is 40.1. The second-order valence-corrected chi connectivity index (χ2v) is 4.92. The lowest BCUT2D eigenvalue weighted by Crippen LogP contribution is -2.32. The normalized spacial score (nSPS) is 12.7. The Bertz CT molecular complexity index is 666. The number of aliphatic carboxylic acids is 1. The number of ether oxygens (including phenoxy) is 1. The number of carbonyl (C=O) groups is 1. The Kier molecular flexibility index (Phi) is 4.90. The Morgan fingerprint density at radius 1 is 1.04 bits per heavy atom. The molecule has 0 spiro atoms. The van der Waals surface area contributed by atoms with Gasteiger partial charge < -0.3 is 15.6 Å². The molecule has 4 nitrogen and oxygen atoms in total. The van der Waals surface area contributed by atoms with E-state index in [0.717, 1.165) is 11.1 Å². The average Bonchev–Trinajstić information content (AvgIpc) is 2.47. The lowest BCUT2D eigenvalue weighted by molar-refractivity contribution is -0.274. The van der Waals surface area contributed by atoms with E-state index in [1.807, 2.05) is 0 Å². The summed E-state index contributed by atoms with van der Waals surface area (Å²) in [7, 11) is 0. The molecule has 122 valence electrons. The van der Waals surface area contributed by atoms with Crippen molar-refractivity contribution in [1.82, 2.24) is 0 Å². The number of halogens is 3. The summed E-state index contributed by atoms with van der Waals surface area (Å²) in [5.41, 5.74) is 7.73. The van der Waals surface area contributed by atoms with E-state index in [2.05, 4.69) is 4.74 Å². The smallest absolute Gasteiger partial charge is 0.480 e. The maximum atomic E-state index is 12.1. The van der Waals surface area contributed by atoms with E-state index >= 15 is 0 Å². The second-order valence-electron chi connectivity index (χ2n) is 4.92. The van der Waals surface area contributed by atoms with Gasteiger partial charge in [-0.1, -0.05) is 36.4 Å². The molecule has 7 heteroatoms. The molecule has 1 unspecified atom stereocenters. The Hall–Kier alpha value is -2.54. The Morgan fingerprint density at radius 2 is 1.52 bits per heavy atom. The van der Waals surface area contributed by atoms with Crippen molar-refractivity contribution in [1.29, 1.82) is 0 Å². The Labute approximate surface area is 130 Å². The van der Waals surface area contributed by atoms with Gasteiger partial charge in [-0.05, 0) is 35.2 Å². The molecule has 0 saturated heterocycles. The van der Waals surface area contributed by atoms with Crippen LogP contribution < -0.4 is 10.5 Å². The number of benzene rings is 2. The van der Waals surface area contributed by atoms with Crippen LogP contribution in [-0.2, 0) is 11.2 Å². The molecule has 0 radical (unpaired) electrons. The van der Waals surface area contributed by atoms with Crippen LogP contribution in [0, 0.1) is 0 Å². The monoisotopic (exact) mass is 325 g/mol. The number of rotatable bonds is 5. The van der Waals surface area contributed by atoms with Gasteiger partial charge in [0.25, 0.3) is 0 Å². The first-order chi connectivity index (χ1) is 10.7. The van der Waals surface area contributed by atoms with Gasteiger partial charge in [0.1, 0.15) is 11.8 Å². The first-order valence-corrected chi connectivity index (χ1v) is 6.68. The van der Waals surface area contributed by atoms with Gasteiger partial charge in [-0.2, -0.15) is 0 Å². The molecule has 2 aromatic carbocycles. The first-order valence-electron chi connectivity index (χ1n) is 6.68. The van der Waals surface area contributed by atoms with Crippen molar-refractivity contribution in [3.63, 3.8) is 0 Å². The SMILES string of the molecule is NC(Cc1ccc(-c2ccc(OC(F)(F)F)cc2)cc1)C(=O)O. The van der Waals surface area contributed by atoms with Gasteiger partial charge >= 0.3 is 12.3 Å². The van der Waals surface area contributed by atoms with Crippen LogP contribution in [0.5, 0.6) is 5.75 Å². The third-order valence-electron chi connectivity index (χ3n) is 3.15. The molecule has 23 heavy (non-hydrogen) atoms. The summed E-state index contributed by atoms with van der Waals surface area (Å²) in [6.45, 7) is 0. The van der Waals surface area contributed by atoms with E-state index in [9.17, 15) is 18.0 Å². The van der Waals surface area contributed by atoms with Crippen LogP contribution in [0.1, 0.15) is 5.56 Å². The summed E-state index contributed by atoms with van der Waals surface area (Å²) in [6, 6.07) is 11.5. The molecule has 2 aromatic rings. The van der Waals surface area contributed by atoms with Crippen molar-refractivity contribution < 1.29 is 27.8 Å². The number of hydrogen-bond acceptors (Lipinski definition) is 3. The Balaban J connectivity index is 2.09. The molecule has 0 bridgehead atoms. The molecule has 0 aromatic heterocycles. The predicted molar refractivity (Wildman–Crippen MR) is 77.9 cm³/mol. The van der Waals surface area contributed by atoms with Gasteiger partial charge in [0.05, 0.1) is 0 Å². The van der Waals surface area contributed by atoms with Gasteiger partial charge in [0.15, 0.2) is 0 Å². The summed E-state index contributed by atoms with van der Waals surface area (Å²) in [5.74, 6) is -1.36. The third kappa shape index (κ3) is 5.00. The van der Waals surface area contributed by atoms with Crippen molar-refractivity contribution >= 4 is 5.97 Å². The minimum atomic E-state index is -4.72. The van der Waals surface area contributed by atoms with Crippen LogP contribution in [-0.4, -0.2) is 23.5 Å². The highest BCUT2D eigenvalue weighted by molar-refractivity contribution is 5.73. The largest absolute Gasteiger partial charge is 0.573 e. The first kappa shape index (κ1) is 16.8. The van der Waals surface area contributed by atoms with Crippen molar-refractivity contribution in [2.45, 2.75) is 18.8 Å². The third-order valence-corrected chi connectivity index (χ3v) is 3.15. The van der Waals surface area contributed by atoms with E-state index < -0.39 is 18.4 Å².